The third kappa shape index (κ3) is 12.5. The Balaban J connectivity index is 3.13. The summed E-state index contributed by atoms with van der Waals surface area (Å²) in [4.78, 5) is 11.1. The van der Waals surface area contributed by atoms with E-state index in [9.17, 15) is 4.79 Å². The molecule has 0 rings (SSSR count). The molecule has 0 atom stereocenters. The van der Waals surface area contributed by atoms with Crippen molar-refractivity contribution in [1.82, 2.24) is 0 Å². The molecule has 0 saturated heterocycles. The number of hydrogen-bond donors (Lipinski definition) is 1. The maximum Gasteiger partial charge on any atom is 0.316 e. The van der Waals surface area contributed by atoms with Crippen LogP contribution in [0.4, 0.5) is 0 Å². The average molecular weight is 268 g/mol. The lowest BCUT2D eigenvalue weighted by Gasteiger charge is -2.05. The minimum atomic E-state index is -0.134. The zero-order valence-electron chi connectivity index (χ0n) is 9.40. The van der Waals surface area contributed by atoms with Gasteiger partial charge in [-0.2, -0.15) is 0 Å². The summed E-state index contributed by atoms with van der Waals surface area (Å²) in [5, 5.41) is 0. The molecule has 0 aliphatic carbocycles. The predicted octanol–water partition coefficient (Wildman–Crippen LogP) is 3.97. The number of thiol groups is 1. The van der Waals surface area contributed by atoms with E-state index in [4.69, 9.17) is 4.74 Å². The van der Waals surface area contributed by atoms with Crippen molar-refractivity contribution in [1.29, 1.82) is 0 Å². The first-order valence-corrected chi connectivity index (χ1v) is 8.62. The molecule has 0 N–H and O–H groups in total. The molecule has 0 aromatic carbocycles. The van der Waals surface area contributed by atoms with Crippen molar-refractivity contribution in [3.63, 3.8) is 0 Å². The topological polar surface area (TPSA) is 26.3 Å². The first-order chi connectivity index (χ1) is 7.16. The Morgan fingerprint density at radius 2 is 2.07 bits per heavy atom. The third-order valence-electron chi connectivity index (χ3n) is 1.92. The summed E-state index contributed by atoms with van der Waals surface area (Å²) in [5.41, 5.74) is 0. The summed E-state index contributed by atoms with van der Waals surface area (Å²) >= 11 is 3.92. The van der Waals surface area contributed by atoms with Gasteiger partial charge in [-0.1, -0.05) is 55.6 Å². The fourth-order valence-corrected chi connectivity index (χ4v) is 2.29. The molecule has 2 nitrogen and oxygen atoms in total. The minimum Gasteiger partial charge on any atom is -0.465 e. The van der Waals surface area contributed by atoms with E-state index in [2.05, 4.69) is 25.5 Å². The molecule has 0 heterocycles. The Morgan fingerprint density at radius 1 is 1.33 bits per heavy atom. The highest BCUT2D eigenvalue weighted by atomic mass is 33.5. The van der Waals surface area contributed by atoms with Gasteiger partial charge in [0.15, 0.2) is 0 Å². The highest BCUT2D eigenvalue weighted by molar-refractivity contribution is 9.05. The average Bonchev–Trinajstić information content (AvgIpc) is 2.19. The van der Waals surface area contributed by atoms with Crippen LogP contribution in [0.15, 0.2) is 0 Å². The molecule has 15 heavy (non-hydrogen) atoms. The van der Waals surface area contributed by atoms with Crippen molar-refractivity contribution in [2.24, 2.45) is 5.92 Å². The first kappa shape index (κ1) is 15.5. The molecule has 0 fully saturated rings. The normalized spacial score (nSPS) is 10.7. The lowest BCUT2D eigenvalue weighted by atomic mass is 10.1. The number of rotatable bonds is 9. The van der Waals surface area contributed by atoms with E-state index in [1.54, 1.807) is 0 Å². The second kappa shape index (κ2) is 11.0. The maximum absolute atomic E-state index is 11.1. The Kier molecular flexibility index (Phi) is 11.4. The van der Waals surface area contributed by atoms with Crippen molar-refractivity contribution >= 4 is 38.2 Å². The first-order valence-electron chi connectivity index (χ1n) is 5.25. The summed E-state index contributed by atoms with van der Waals surface area (Å²) in [6, 6.07) is 0. The van der Waals surface area contributed by atoms with Crippen LogP contribution in [-0.2, 0) is 9.53 Å². The number of carbonyl (C=O) groups is 1. The van der Waals surface area contributed by atoms with E-state index in [1.807, 2.05) is 0 Å². The summed E-state index contributed by atoms with van der Waals surface area (Å²) in [5.74, 6) is 1.03. The van der Waals surface area contributed by atoms with Crippen LogP contribution in [0.25, 0.3) is 0 Å². The molecule has 90 valence electrons. The summed E-state index contributed by atoms with van der Waals surface area (Å²) in [6.07, 6.45) is 4.63. The van der Waals surface area contributed by atoms with Crippen molar-refractivity contribution in [3.05, 3.63) is 0 Å². The highest BCUT2D eigenvalue weighted by Gasteiger charge is 2.02. The molecule has 0 aliphatic rings. The molecule has 0 bridgehead atoms. The van der Waals surface area contributed by atoms with Gasteiger partial charge in [0.1, 0.15) is 5.75 Å². The monoisotopic (exact) mass is 268 g/mol. The van der Waals surface area contributed by atoms with Gasteiger partial charge in [-0.25, -0.2) is 0 Å². The molecule has 0 aliphatic heterocycles. The number of esters is 1. The lowest BCUT2D eigenvalue weighted by Crippen LogP contribution is -2.07. The van der Waals surface area contributed by atoms with Gasteiger partial charge in [0.2, 0.25) is 0 Å². The van der Waals surface area contributed by atoms with Gasteiger partial charge in [0.05, 0.1) is 6.61 Å². The van der Waals surface area contributed by atoms with Crippen molar-refractivity contribution in [2.75, 3.05) is 12.4 Å². The number of carbonyl (C=O) groups excluding carboxylic acids is 1. The largest absolute Gasteiger partial charge is 0.465 e. The van der Waals surface area contributed by atoms with E-state index in [1.165, 1.54) is 33.5 Å². The second-order valence-electron chi connectivity index (χ2n) is 3.80. The van der Waals surface area contributed by atoms with Gasteiger partial charge in [-0.05, 0) is 22.2 Å². The van der Waals surface area contributed by atoms with E-state index >= 15 is 0 Å². The van der Waals surface area contributed by atoms with Gasteiger partial charge < -0.3 is 4.74 Å². The van der Waals surface area contributed by atoms with Crippen LogP contribution in [0, 0.1) is 5.92 Å². The molecule has 0 saturated carbocycles. The van der Waals surface area contributed by atoms with Crippen LogP contribution in [-0.4, -0.2) is 18.3 Å². The lowest BCUT2D eigenvalue weighted by molar-refractivity contribution is -0.140. The van der Waals surface area contributed by atoms with Crippen molar-refractivity contribution in [3.8, 4) is 0 Å². The van der Waals surface area contributed by atoms with Crippen molar-refractivity contribution in [2.45, 2.75) is 39.5 Å². The number of unbranched alkanes of at least 4 members (excludes halogenated alkanes) is 2. The van der Waals surface area contributed by atoms with Gasteiger partial charge in [0.25, 0.3) is 0 Å². The van der Waals surface area contributed by atoms with E-state index in [0.29, 0.717) is 12.4 Å². The summed E-state index contributed by atoms with van der Waals surface area (Å²) < 4.78 is 5.04. The third-order valence-corrected chi connectivity index (χ3v) is 4.00. The molecular weight excluding hydrogens is 248 g/mol. The van der Waals surface area contributed by atoms with Crippen LogP contribution in [0.1, 0.15) is 39.5 Å². The smallest absolute Gasteiger partial charge is 0.316 e. The van der Waals surface area contributed by atoms with Gasteiger partial charge in [-0.15, -0.1) is 0 Å². The molecule has 0 aromatic heterocycles. The van der Waals surface area contributed by atoms with E-state index < -0.39 is 0 Å². The Labute approximate surface area is 106 Å². The zero-order valence-corrected chi connectivity index (χ0v) is 11.9. The van der Waals surface area contributed by atoms with Crippen LogP contribution in [0.5, 0.6) is 0 Å². The zero-order chi connectivity index (χ0) is 11.5. The predicted molar refractivity (Wildman–Crippen MR) is 73.3 cm³/mol. The van der Waals surface area contributed by atoms with Crippen LogP contribution in [0.3, 0.4) is 0 Å². The highest BCUT2D eigenvalue weighted by Crippen LogP contribution is 2.24. The van der Waals surface area contributed by atoms with Gasteiger partial charge in [-0.3, -0.25) is 4.79 Å². The van der Waals surface area contributed by atoms with E-state index in [0.717, 1.165) is 18.8 Å². The van der Waals surface area contributed by atoms with Gasteiger partial charge in [0, 0.05) is 0 Å². The molecule has 5 heteroatoms. The van der Waals surface area contributed by atoms with Crippen LogP contribution in [0.2, 0.25) is 0 Å². The number of ether oxygens (including phenoxy) is 1. The Hall–Kier alpha value is 0.520. The quantitative estimate of drug-likeness (QED) is 0.296. The Morgan fingerprint density at radius 3 is 2.67 bits per heavy atom. The number of hydrogen-bond acceptors (Lipinski definition) is 5. The van der Waals surface area contributed by atoms with Crippen LogP contribution >= 0.6 is 32.3 Å². The molecule has 0 radical (unpaired) electrons. The van der Waals surface area contributed by atoms with Crippen molar-refractivity contribution < 1.29 is 9.53 Å². The fourth-order valence-electron chi connectivity index (χ4n) is 1.13. The summed E-state index contributed by atoms with van der Waals surface area (Å²) in [7, 11) is 2.69. The van der Waals surface area contributed by atoms with Gasteiger partial charge >= 0.3 is 5.97 Å². The second-order valence-corrected chi connectivity index (χ2v) is 6.97. The molecule has 0 spiro atoms. The van der Waals surface area contributed by atoms with E-state index in [-0.39, 0.29) is 5.97 Å². The maximum atomic E-state index is 11.1. The SMILES string of the molecule is CC(C)CCCCCOC(=O)CSSS. The molecule has 0 amide bonds. The molecule has 0 unspecified atom stereocenters. The standard InChI is InChI=1S/C10H20O2S3/c1-9(2)6-4-3-5-7-12-10(11)8-14-15-13/h9,13H,3-8H2,1-2H3. The minimum absolute atomic E-state index is 0.134. The van der Waals surface area contributed by atoms with Crippen LogP contribution < -0.4 is 0 Å². The molecular formula is C10H20O2S3. The molecule has 0 aromatic rings. The summed E-state index contributed by atoms with van der Waals surface area (Å²) in [6.45, 7) is 5.02. The fraction of sp³-hybridized carbons (Fsp3) is 0.900. The Bertz CT molecular complexity index is 163.